The van der Waals surface area contributed by atoms with Crippen molar-refractivity contribution in [2.75, 3.05) is 5.32 Å². The quantitative estimate of drug-likeness (QED) is 0.868. The van der Waals surface area contributed by atoms with Crippen molar-refractivity contribution in [1.29, 1.82) is 5.26 Å². The maximum absolute atomic E-state index is 9.01. The molecule has 1 N–H and O–H groups in total. The Labute approximate surface area is 125 Å². The van der Waals surface area contributed by atoms with E-state index in [0.29, 0.717) is 16.6 Å². The van der Waals surface area contributed by atoms with E-state index >= 15 is 0 Å². The Morgan fingerprint density at radius 2 is 1.95 bits per heavy atom. The van der Waals surface area contributed by atoms with Gasteiger partial charge in [-0.2, -0.15) is 5.26 Å². The minimum absolute atomic E-state index is 0.338. The highest BCUT2D eigenvalue weighted by atomic mass is 35.5. The van der Waals surface area contributed by atoms with Crippen LogP contribution in [0.4, 0.5) is 5.69 Å². The zero-order valence-corrected chi connectivity index (χ0v) is 12.2. The molecule has 2 nitrogen and oxygen atoms in total. The normalized spacial score (nSPS) is 11.7. The van der Waals surface area contributed by atoms with Crippen LogP contribution in [0.2, 0.25) is 5.02 Å². The summed E-state index contributed by atoms with van der Waals surface area (Å²) in [6.45, 7) is 2.15. The summed E-state index contributed by atoms with van der Waals surface area (Å²) in [5.74, 6) is 0. The van der Waals surface area contributed by atoms with Gasteiger partial charge >= 0.3 is 0 Å². The van der Waals surface area contributed by atoms with Crippen molar-refractivity contribution in [1.82, 2.24) is 0 Å². The van der Waals surface area contributed by atoms with Crippen molar-refractivity contribution in [2.24, 2.45) is 0 Å². The number of nitriles is 1. The van der Waals surface area contributed by atoms with Gasteiger partial charge in [0.2, 0.25) is 0 Å². The number of halogens is 1. The molecule has 0 aliphatic carbocycles. The van der Waals surface area contributed by atoms with Crippen LogP contribution in [0.3, 0.4) is 0 Å². The van der Waals surface area contributed by atoms with E-state index < -0.39 is 0 Å². The van der Waals surface area contributed by atoms with Crippen LogP contribution in [0.5, 0.6) is 0 Å². The maximum Gasteiger partial charge on any atom is 0.101 e. The van der Waals surface area contributed by atoms with Crippen LogP contribution in [0, 0.1) is 11.3 Å². The summed E-state index contributed by atoms with van der Waals surface area (Å²) in [6.07, 6.45) is 1.97. The summed E-state index contributed by atoms with van der Waals surface area (Å²) in [5.41, 5.74) is 2.75. The Hall–Kier alpha value is -1.98. The second kappa shape index (κ2) is 6.98. The number of nitrogens with one attached hydrogen (secondary N) is 1. The van der Waals surface area contributed by atoms with E-state index in [9.17, 15) is 0 Å². The number of rotatable bonds is 5. The molecule has 0 aliphatic rings. The SMILES string of the molecule is CCC(Cc1ccccc1)Nc1ccc(Cl)c(C#N)c1. The first-order chi connectivity index (χ1) is 9.72. The summed E-state index contributed by atoms with van der Waals surface area (Å²) in [5, 5.41) is 13.0. The van der Waals surface area contributed by atoms with Gasteiger partial charge in [0.1, 0.15) is 6.07 Å². The van der Waals surface area contributed by atoms with Gasteiger partial charge in [0.15, 0.2) is 0 Å². The molecule has 0 aliphatic heterocycles. The average molecular weight is 285 g/mol. The van der Waals surface area contributed by atoms with Gasteiger partial charge in [-0.25, -0.2) is 0 Å². The predicted molar refractivity (Wildman–Crippen MR) is 84.0 cm³/mol. The fourth-order valence-corrected chi connectivity index (χ4v) is 2.29. The average Bonchev–Trinajstić information content (AvgIpc) is 2.49. The molecule has 2 rings (SSSR count). The Balaban J connectivity index is 2.09. The minimum atomic E-state index is 0.338. The third-order valence-electron chi connectivity index (χ3n) is 3.28. The smallest absolute Gasteiger partial charge is 0.101 e. The van der Waals surface area contributed by atoms with Gasteiger partial charge in [0, 0.05) is 11.7 Å². The van der Waals surface area contributed by atoms with Crippen LogP contribution in [-0.2, 0) is 6.42 Å². The monoisotopic (exact) mass is 284 g/mol. The van der Waals surface area contributed by atoms with E-state index in [-0.39, 0.29) is 0 Å². The molecule has 2 aromatic carbocycles. The lowest BCUT2D eigenvalue weighted by Crippen LogP contribution is -2.21. The van der Waals surface area contributed by atoms with Crippen LogP contribution in [0.25, 0.3) is 0 Å². The molecule has 3 heteroatoms. The van der Waals surface area contributed by atoms with Gasteiger partial charge < -0.3 is 5.32 Å². The van der Waals surface area contributed by atoms with Crippen molar-refractivity contribution >= 4 is 17.3 Å². The number of nitrogens with zero attached hydrogens (tertiary/aromatic N) is 1. The fraction of sp³-hybridized carbons (Fsp3) is 0.235. The van der Waals surface area contributed by atoms with E-state index in [1.165, 1.54) is 5.56 Å². The van der Waals surface area contributed by atoms with Gasteiger partial charge in [-0.1, -0.05) is 48.9 Å². The van der Waals surface area contributed by atoms with E-state index in [4.69, 9.17) is 16.9 Å². The van der Waals surface area contributed by atoms with Crippen LogP contribution < -0.4 is 5.32 Å². The molecule has 0 aromatic heterocycles. The molecule has 0 spiro atoms. The molecule has 2 aromatic rings. The highest BCUT2D eigenvalue weighted by Crippen LogP contribution is 2.21. The largest absolute Gasteiger partial charge is 0.382 e. The minimum Gasteiger partial charge on any atom is -0.382 e. The lowest BCUT2D eigenvalue weighted by atomic mass is 10.0. The third-order valence-corrected chi connectivity index (χ3v) is 3.60. The van der Waals surface area contributed by atoms with E-state index in [1.54, 1.807) is 12.1 Å². The summed E-state index contributed by atoms with van der Waals surface area (Å²) in [6, 6.07) is 18.3. The number of benzene rings is 2. The summed E-state index contributed by atoms with van der Waals surface area (Å²) in [4.78, 5) is 0. The first-order valence-corrected chi connectivity index (χ1v) is 7.11. The van der Waals surface area contributed by atoms with Crippen molar-refractivity contribution in [2.45, 2.75) is 25.8 Å². The Morgan fingerprint density at radius 3 is 2.60 bits per heavy atom. The number of hydrogen-bond acceptors (Lipinski definition) is 2. The van der Waals surface area contributed by atoms with Gasteiger partial charge in [-0.05, 0) is 36.6 Å². The molecule has 0 bridgehead atoms. The molecule has 0 fully saturated rings. The van der Waals surface area contributed by atoms with Gasteiger partial charge in [0.05, 0.1) is 10.6 Å². The zero-order chi connectivity index (χ0) is 14.4. The van der Waals surface area contributed by atoms with Gasteiger partial charge in [-0.15, -0.1) is 0 Å². The molecule has 102 valence electrons. The summed E-state index contributed by atoms with van der Waals surface area (Å²) < 4.78 is 0. The molecular weight excluding hydrogens is 268 g/mol. The standard InChI is InChI=1S/C17H17ClN2/c1-2-15(10-13-6-4-3-5-7-13)20-16-8-9-17(18)14(11-16)12-19/h3-9,11,15,20H,2,10H2,1H3. The molecule has 20 heavy (non-hydrogen) atoms. The van der Waals surface area contributed by atoms with E-state index in [2.05, 4.69) is 42.6 Å². The lowest BCUT2D eigenvalue weighted by molar-refractivity contribution is 0.690. The first-order valence-electron chi connectivity index (χ1n) is 6.73. The zero-order valence-electron chi connectivity index (χ0n) is 11.4. The molecule has 1 unspecified atom stereocenters. The molecule has 0 saturated heterocycles. The highest BCUT2D eigenvalue weighted by molar-refractivity contribution is 6.31. The summed E-state index contributed by atoms with van der Waals surface area (Å²) in [7, 11) is 0. The van der Waals surface area contributed by atoms with Crippen molar-refractivity contribution in [3.8, 4) is 6.07 Å². The Morgan fingerprint density at radius 1 is 1.20 bits per heavy atom. The number of anilines is 1. The topological polar surface area (TPSA) is 35.8 Å². The molecule has 0 saturated carbocycles. The second-order valence-corrected chi connectivity index (χ2v) is 5.15. The first kappa shape index (κ1) is 14.4. The van der Waals surface area contributed by atoms with E-state index in [1.807, 2.05) is 12.1 Å². The molecule has 0 amide bonds. The van der Waals surface area contributed by atoms with Crippen molar-refractivity contribution < 1.29 is 0 Å². The Bertz CT molecular complexity index is 602. The van der Waals surface area contributed by atoms with E-state index in [0.717, 1.165) is 18.5 Å². The van der Waals surface area contributed by atoms with Crippen LogP contribution >= 0.6 is 11.6 Å². The van der Waals surface area contributed by atoms with Crippen molar-refractivity contribution in [3.05, 3.63) is 64.7 Å². The molecule has 1 atom stereocenters. The lowest BCUT2D eigenvalue weighted by Gasteiger charge is -2.18. The molecular formula is C17H17ClN2. The Kier molecular flexibility index (Phi) is 5.03. The van der Waals surface area contributed by atoms with Crippen LogP contribution in [-0.4, -0.2) is 6.04 Å². The fourth-order valence-electron chi connectivity index (χ4n) is 2.13. The maximum atomic E-state index is 9.01. The second-order valence-electron chi connectivity index (χ2n) is 4.75. The van der Waals surface area contributed by atoms with Crippen LogP contribution in [0.1, 0.15) is 24.5 Å². The number of hydrogen-bond donors (Lipinski definition) is 1. The van der Waals surface area contributed by atoms with Crippen molar-refractivity contribution in [3.63, 3.8) is 0 Å². The van der Waals surface area contributed by atoms with Gasteiger partial charge in [-0.3, -0.25) is 0 Å². The highest BCUT2D eigenvalue weighted by Gasteiger charge is 2.08. The predicted octanol–water partition coefficient (Wildman–Crippen LogP) is 4.64. The third kappa shape index (κ3) is 3.76. The molecule has 0 radical (unpaired) electrons. The summed E-state index contributed by atoms with van der Waals surface area (Å²) >= 11 is 5.95. The van der Waals surface area contributed by atoms with Gasteiger partial charge in [0.25, 0.3) is 0 Å². The van der Waals surface area contributed by atoms with Crippen LogP contribution in [0.15, 0.2) is 48.5 Å². The molecule has 0 heterocycles.